The molecule has 18 heavy (non-hydrogen) atoms. The molecule has 0 bridgehead atoms. The number of benzene rings is 1. The molecule has 96 valence electrons. The van der Waals surface area contributed by atoms with Crippen LogP contribution in [0.1, 0.15) is 15.9 Å². The third-order valence-electron chi connectivity index (χ3n) is 2.33. The van der Waals surface area contributed by atoms with E-state index in [0.29, 0.717) is 17.5 Å². The van der Waals surface area contributed by atoms with Crippen molar-refractivity contribution in [2.24, 2.45) is 5.73 Å². The zero-order valence-corrected chi connectivity index (χ0v) is 10.7. The van der Waals surface area contributed by atoms with Gasteiger partial charge in [-0.15, -0.1) is 0 Å². The smallest absolute Gasteiger partial charge is 0.323 e. The summed E-state index contributed by atoms with van der Waals surface area (Å²) >= 11 is 4.82. The molecular formula is C12H14N2O3S. The van der Waals surface area contributed by atoms with Gasteiger partial charge < -0.3 is 15.7 Å². The lowest BCUT2D eigenvalue weighted by molar-refractivity contribution is -0.137. The van der Waals surface area contributed by atoms with Crippen LogP contribution in [0.4, 0.5) is 0 Å². The number of aliphatic carboxylic acids is 1. The molecule has 0 aliphatic carbocycles. The molecule has 0 aliphatic rings. The number of nitrogens with two attached hydrogens (primary N) is 1. The fraction of sp³-hybridized carbons (Fsp3) is 0.250. The van der Waals surface area contributed by atoms with Crippen molar-refractivity contribution < 1.29 is 14.7 Å². The molecular weight excluding hydrogens is 252 g/mol. The summed E-state index contributed by atoms with van der Waals surface area (Å²) < 4.78 is 0. The van der Waals surface area contributed by atoms with Crippen LogP contribution in [-0.2, 0) is 11.2 Å². The van der Waals surface area contributed by atoms with Crippen molar-refractivity contribution in [2.45, 2.75) is 6.42 Å². The van der Waals surface area contributed by atoms with Crippen LogP contribution >= 0.6 is 12.2 Å². The third kappa shape index (κ3) is 3.81. The zero-order chi connectivity index (χ0) is 13.7. The molecule has 0 aliphatic heterocycles. The molecule has 0 unspecified atom stereocenters. The number of nitrogens with zero attached hydrogens (tertiary/aromatic N) is 1. The Bertz CT molecular complexity index is 488. The maximum Gasteiger partial charge on any atom is 0.323 e. The molecule has 0 aromatic heterocycles. The number of amides is 1. The lowest BCUT2D eigenvalue weighted by Gasteiger charge is -2.16. The number of hydrogen-bond donors (Lipinski definition) is 2. The van der Waals surface area contributed by atoms with Gasteiger partial charge >= 0.3 is 5.97 Å². The Balaban J connectivity index is 2.97. The van der Waals surface area contributed by atoms with Crippen LogP contribution in [-0.4, -0.2) is 40.5 Å². The molecule has 0 saturated heterocycles. The van der Waals surface area contributed by atoms with Crippen LogP contribution in [0.5, 0.6) is 0 Å². The molecule has 1 aromatic carbocycles. The average Bonchev–Trinajstić information content (AvgIpc) is 2.27. The second-order valence-corrected chi connectivity index (χ2v) is 4.38. The normalized spacial score (nSPS) is 9.83. The summed E-state index contributed by atoms with van der Waals surface area (Å²) in [7, 11) is 1.44. The molecule has 3 N–H and O–H groups in total. The van der Waals surface area contributed by atoms with Crippen molar-refractivity contribution in [1.29, 1.82) is 0 Å². The minimum atomic E-state index is -1.06. The third-order valence-corrected chi connectivity index (χ3v) is 2.48. The Morgan fingerprint density at radius 3 is 2.56 bits per heavy atom. The summed E-state index contributed by atoms with van der Waals surface area (Å²) in [6, 6.07) is 6.88. The first-order valence-electron chi connectivity index (χ1n) is 5.25. The van der Waals surface area contributed by atoms with E-state index in [1.807, 2.05) is 0 Å². The summed E-state index contributed by atoms with van der Waals surface area (Å²) in [5.74, 6) is -1.41. The van der Waals surface area contributed by atoms with E-state index in [-0.39, 0.29) is 17.4 Å². The van der Waals surface area contributed by atoms with Crippen LogP contribution in [0.25, 0.3) is 0 Å². The maximum atomic E-state index is 12.1. The van der Waals surface area contributed by atoms with E-state index in [9.17, 15) is 9.59 Å². The molecule has 1 rings (SSSR count). The van der Waals surface area contributed by atoms with E-state index in [0.717, 1.165) is 4.90 Å². The number of carboxylic acid groups (broad SMARTS) is 1. The Labute approximate surface area is 110 Å². The van der Waals surface area contributed by atoms with Crippen molar-refractivity contribution >= 4 is 29.1 Å². The SMILES string of the molecule is CN(CC(=O)O)C(=O)c1ccccc1CC(N)=S. The molecule has 5 nitrogen and oxygen atoms in total. The van der Waals surface area contributed by atoms with Crippen LogP contribution in [0.2, 0.25) is 0 Å². The van der Waals surface area contributed by atoms with Gasteiger partial charge in [0.15, 0.2) is 0 Å². The van der Waals surface area contributed by atoms with Crippen LogP contribution < -0.4 is 5.73 Å². The van der Waals surface area contributed by atoms with Gasteiger partial charge in [0.1, 0.15) is 6.54 Å². The van der Waals surface area contributed by atoms with Gasteiger partial charge in [0.25, 0.3) is 5.91 Å². The van der Waals surface area contributed by atoms with E-state index in [2.05, 4.69) is 0 Å². The van der Waals surface area contributed by atoms with Gasteiger partial charge in [0.05, 0.1) is 4.99 Å². The number of carbonyl (C=O) groups excluding carboxylic acids is 1. The standard InChI is InChI=1S/C12H14N2O3S/c1-14(7-11(15)16)12(17)9-5-3-2-4-8(9)6-10(13)18/h2-5H,6-7H2,1H3,(H2,13,18)(H,15,16). The largest absolute Gasteiger partial charge is 0.480 e. The molecule has 0 saturated carbocycles. The zero-order valence-electron chi connectivity index (χ0n) is 9.92. The molecule has 0 atom stereocenters. The Morgan fingerprint density at radius 2 is 2.00 bits per heavy atom. The molecule has 0 fully saturated rings. The molecule has 6 heteroatoms. The van der Waals surface area contributed by atoms with Crippen LogP contribution in [0.15, 0.2) is 24.3 Å². The lowest BCUT2D eigenvalue weighted by atomic mass is 10.0. The Morgan fingerprint density at radius 1 is 1.39 bits per heavy atom. The highest BCUT2D eigenvalue weighted by Crippen LogP contribution is 2.12. The minimum Gasteiger partial charge on any atom is -0.480 e. The highest BCUT2D eigenvalue weighted by atomic mass is 32.1. The van der Waals surface area contributed by atoms with Gasteiger partial charge in [-0.3, -0.25) is 9.59 Å². The van der Waals surface area contributed by atoms with Gasteiger partial charge in [-0.25, -0.2) is 0 Å². The van der Waals surface area contributed by atoms with E-state index >= 15 is 0 Å². The monoisotopic (exact) mass is 266 g/mol. The van der Waals surface area contributed by atoms with E-state index in [1.54, 1.807) is 24.3 Å². The topological polar surface area (TPSA) is 83.6 Å². The fourth-order valence-corrected chi connectivity index (χ4v) is 1.71. The second-order valence-electron chi connectivity index (χ2n) is 3.86. The van der Waals surface area contributed by atoms with E-state index < -0.39 is 5.97 Å². The van der Waals surface area contributed by atoms with Crippen molar-refractivity contribution in [3.8, 4) is 0 Å². The lowest BCUT2D eigenvalue weighted by Crippen LogP contribution is -2.32. The summed E-state index contributed by atoms with van der Waals surface area (Å²) in [6.45, 7) is -0.347. The number of hydrogen-bond acceptors (Lipinski definition) is 3. The first-order valence-corrected chi connectivity index (χ1v) is 5.66. The summed E-state index contributed by atoms with van der Waals surface area (Å²) in [5.41, 5.74) is 6.59. The van der Waals surface area contributed by atoms with Crippen molar-refractivity contribution in [3.05, 3.63) is 35.4 Å². The first-order chi connectivity index (χ1) is 8.41. The van der Waals surface area contributed by atoms with Crippen molar-refractivity contribution in [1.82, 2.24) is 4.90 Å². The van der Waals surface area contributed by atoms with Gasteiger partial charge in [0, 0.05) is 19.0 Å². The average molecular weight is 266 g/mol. The summed E-state index contributed by atoms with van der Waals surface area (Å²) in [5, 5.41) is 8.66. The highest BCUT2D eigenvalue weighted by Gasteiger charge is 2.17. The number of thiocarbonyl (C=S) groups is 1. The van der Waals surface area contributed by atoms with Gasteiger partial charge in [-0.2, -0.15) is 0 Å². The number of carbonyl (C=O) groups is 2. The Hall–Kier alpha value is -1.95. The summed E-state index contributed by atoms with van der Waals surface area (Å²) in [4.78, 5) is 24.1. The molecule has 0 heterocycles. The predicted octanol–water partition coefficient (Wildman–Crippen LogP) is 0.672. The van der Waals surface area contributed by atoms with Crippen LogP contribution in [0, 0.1) is 0 Å². The van der Waals surface area contributed by atoms with Crippen molar-refractivity contribution in [3.63, 3.8) is 0 Å². The molecule has 0 radical (unpaired) electrons. The number of likely N-dealkylation sites (N-methyl/N-ethyl adjacent to an activating group) is 1. The molecule has 1 amide bonds. The highest BCUT2D eigenvalue weighted by molar-refractivity contribution is 7.80. The maximum absolute atomic E-state index is 12.1. The Kier molecular flexibility index (Phi) is 4.79. The van der Waals surface area contributed by atoms with Gasteiger partial charge in [0.2, 0.25) is 0 Å². The van der Waals surface area contributed by atoms with Crippen LogP contribution in [0.3, 0.4) is 0 Å². The van der Waals surface area contributed by atoms with Gasteiger partial charge in [-0.05, 0) is 11.6 Å². The molecule has 0 spiro atoms. The summed E-state index contributed by atoms with van der Waals surface area (Å²) in [6.07, 6.45) is 0.318. The first kappa shape index (κ1) is 14.1. The predicted molar refractivity (Wildman–Crippen MR) is 71.5 cm³/mol. The minimum absolute atomic E-state index is 0.288. The van der Waals surface area contributed by atoms with E-state index in [4.69, 9.17) is 23.1 Å². The number of rotatable bonds is 5. The second kappa shape index (κ2) is 6.11. The van der Waals surface area contributed by atoms with Crippen molar-refractivity contribution in [2.75, 3.05) is 13.6 Å². The quantitative estimate of drug-likeness (QED) is 0.765. The fourth-order valence-electron chi connectivity index (χ4n) is 1.55. The van der Waals surface area contributed by atoms with E-state index in [1.165, 1.54) is 7.05 Å². The number of carboxylic acids is 1. The van der Waals surface area contributed by atoms with Gasteiger partial charge in [-0.1, -0.05) is 30.4 Å². The molecule has 1 aromatic rings.